The van der Waals surface area contributed by atoms with Crippen LogP contribution in [0.5, 0.6) is 17.2 Å². The first kappa shape index (κ1) is 20.5. The van der Waals surface area contributed by atoms with Gasteiger partial charge < -0.3 is 30.0 Å². The molecule has 152 valence electrons. The molecule has 0 saturated carbocycles. The van der Waals surface area contributed by atoms with Gasteiger partial charge in [0.25, 0.3) is 0 Å². The number of benzene rings is 2. The first-order valence-electron chi connectivity index (χ1n) is 8.65. The van der Waals surface area contributed by atoms with Crippen LogP contribution < -0.4 is 24.8 Å². The van der Waals surface area contributed by atoms with Gasteiger partial charge in [0.15, 0.2) is 17.3 Å². The SMILES string of the molecule is COc1cc(Nc2ncc(Cl)c(Nc3ccccc3CO)n2)cc(OC)c1OC. The first-order chi connectivity index (χ1) is 14.1. The molecule has 0 spiro atoms. The molecule has 8 nitrogen and oxygen atoms in total. The predicted octanol–water partition coefficient (Wildman–Crippen LogP) is 4.14. The van der Waals surface area contributed by atoms with Crippen LogP contribution in [0.25, 0.3) is 0 Å². The van der Waals surface area contributed by atoms with E-state index >= 15 is 0 Å². The molecular weight excluding hydrogens is 396 g/mol. The van der Waals surface area contributed by atoms with Gasteiger partial charge in [-0.2, -0.15) is 4.98 Å². The lowest BCUT2D eigenvalue weighted by molar-refractivity contribution is 0.282. The van der Waals surface area contributed by atoms with Gasteiger partial charge >= 0.3 is 0 Å². The molecule has 0 aliphatic carbocycles. The number of ether oxygens (including phenoxy) is 3. The number of anilines is 4. The molecule has 1 aromatic heterocycles. The summed E-state index contributed by atoms with van der Waals surface area (Å²) in [6.07, 6.45) is 1.48. The fourth-order valence-corrected chi connectivity index (χ4v) is 2.84. The number of hydrogen-bond donors (Lipinski definition) is 3. The second-order valence-electron chi connectivity index (χ2n) is 5.87. The van der Waals surface area contributed by atoms with Gasteiger partial charge in [-0.05, 0) is 6.07 Å². The number of hydrogen-bond acceptors (Lipinski definition) is 8. The van der Waals surface area contributed by atoms with Gasteiger partial charge in [-0.15, -0.1) is 0 Å². The lowest BCUT2D eigenvalue weighted by Crippen LogP contribution is -2.04. The maximum atomic E-state index is 9.50. The van der Waals surface area contributed by atoms with Gasteiger partial charge in [-0.1, -0.05) is 29.8 Å². The molecule has 2 aromatic carbocycles. The van der Waals surface area contributed by atoms with Crippen molar-refractivity contribution in [3.05, 3.63) is 53.2 Å². The molecule has 0 atom stereocenters. The maximum absolute atomic E-state index is 9.50. The summed E-state index contributed by atoms with van der Waals surface area (Å²) in [6.45, 7) is -0.109. The van der Waals surface area contributed by atoms with Crippen LogP contribution in [0.1, 0.15) is 5.56 Å². The van der Waals surface area contributed by atoms with Crippen molar-refractivity contribution < 1.29 is 19.3 Å². The highest BCUT2D eigenvalue weighted by atomic mass is 35.5. The van der Waals surface area contributed by atoms with Gasteiger partial charge in [0.05, 0.1) is 34.1 Å². The predicted molar refractivity (Wildman–Crippen MR) is 112 cm³/mol. The Kier molecular flexibility index (Phi) is 6.58. The summed E-state index contributed by atoms with van der Waals surface area (Å²) in [5.41, 5.74) is 2.07. The minimum absolute atomic E-state index is 0.109. The number of nitrogens with zero attached hydrogens (tertiary/aromatic N) is 2. The summed E-state index contributed by atoms with van der Waals surface area (Å²) in [5, 5.41) is 16.1. The second kappa shape index (κ2) is 9.31. The molecule has 0 saturated heterocycles. The van der Waals surface area contributed by atoms with Gasteiger partial charge in [-0.3, -0.25) is 0 Å². The fourth-order valence-electron chi connectivity index (χ4n) is 2.71. The van der Waals surface area contributed by atoms with E-state index in [1.165, 1.54) is 13.3 Å². The zero-order valence-electron chi connectivity index (χ0n) is 16.2. The van der Waals surface area contributed by atoms with E-state index in [2.05, 4.69) is 20.6 Å². The third-order valence-corrected chi connectivity index (χ3v) is 4.38. The summed E-state index contributed by atoms with van der Waals surface area (Å²) in [6, 6.07) is 10.8. The topological polar surface area (TPSA) is 97.8 Å². The quantitative estimate of drug-likeness (QED) is 0.504. The van der Waals surface area contributed by atoms with Crippen molar-refractivity contribution in [3.63, 3.8) is 0 Å². The smallest absolute Gasteiger partial charge is 0.229 e. The van der Waals surface area contributed by atoms with Crippen molar-refractivity contribution in [2.75, 3.05) is 32.0 Å². The molecule has 0 fully saturated rings. The first-order valence-corrected chi connectivity index (χ1v) is 9.02. The van der Waals surface area contributed by atoms with E-state index in [4.69, 9.17) is 25.8 Å². The highest BCUT2D eigenvalue weighted by Gasteiger charge is 2.14. The molecule has 9 heteroatoms. The molecule has 0 bridgehead atoms. The normalized spacial score (nSPS) is 10.4. The van der Waals surface area contributed by atoms with Crippen LogP contribution in [0.4, 0.5) is 23.1 Å². The number of rotatable bonds is 8. The van der Waals surface area contributed by atoms with E-state index in [1.54, 1.807) is 26.4 Å². The average molecular weight is 417 g/mol. The van der Waals surface area contributed by atoms with Crippen molar-refractivity contribution in [1.29, 1.82) is 0 Å². The summed E-state index contributed by atoms with van der Waals surface area (Å²) in [7, 11) is 4.62. The van der Waals surface area contributed by atoms with Crippen LogP contribution in [0, 0.1) is 0 Å². The second-order valence-corrected chi connectivity index (χ2v) is 6.28. The van der Waals surface area contributed by atoms with Crippen molar-refractivity contribution in [3.8, 4) is 17.2 Å². The van der Waals surface area contributed by atoms with Crippen LogP contribution >= 0.6 is 11.6 Å². The van der Waals surface area contributed by atoms with Crippen molar-refractivity contribution in [2.45, 2.75) is 6.61 Å². The van der Waals surface area contributed by atoms with Gasteiger partial charge in [-0.25, -0.2) is 4.98 Å². The zero-order valence-corrected chi connectivity index (χ0v) is 16.9. The van der Waals surface area contributed by atoms with Crippen molar-refractivity contribution >= 4 is 34.7 Å². The third kappa shape index (κ3) is 4.61. The van der Waals surface area contributed by atoms with E-state index in [0.29, 0.717) is 45.4 Å². The van der Waals surface area contributed by atoms with Crippen LogP contribution in [0.15, 0.2) is 42.6 Å². The average Bonchev–Trinajstić information content (AvgIpc) is 2.75. The highest BCUT2D eigenvalue weighted by Crippen LogP contribution is 2.40. The molecule has 3 rings (SSSR count). The van der Waals surface area contributed by atoms with E-state index in [-0.39, 0.29) is 6.61 Å². The summed E-state index contributed by atoms with van der Waals surface area (Å²) in [5.74, 6) is 2.20. The molecule has 0 radical (unpaired) electrons. The number of aromatic nitrogens is 2. The number of aliphatic hydroxyl groups is 1. The number of aliphatic hydroxyl groups excluding tert-OH is 1. The Hall–Kier alpha value is -3.23. The Bertz CT molecular complexity index is 975. The lowest BCUT2D eigenvalue weighted by Gasteiger charge is -2.15. The van der Waals surface area contributed by atoms with Gasteiger partial charge in [0, 0.05) is 29.1 Å². The molecule has 3 aromatic rings. The van der Waals surface area contributed by atoms with Crippen LogP contribution in [0.3, 0.4) is 0 Å². The van der Waals surface area contributed by atoms with Crippen molar-refractivity contribution in [1.82, 2.24) is 9.97 Å². The van der Waals surface area contributed by atoms with Gasteiger partial charge in [0.1, 0.15) is 5.02 Å². The Morgan fingerprint density at radius 3 is 2.31 bits per heavy atom. The van der Waals surface area contributed by atoms with Crippen LogP contribution in [0.2, 0.25) is 5.02 Å². The Balaban J connectivity index is 1.90. The number of halogens is 1. The van der Waals surface area contributed by atoms with Crippen LogP contribution in [-0.4, -0.2) is 36.4 Å². The number of para-hydroxylation sites is 1. The minimum Gasteiger partial charge on any atom is -0.493 e. The number of methoxy groups -OCH3 is 3. The molecule has 29 heavy (non-hydrogen) atoms. The summed E-state index contributed by atoms with van der Waals surface area (Å²) >= 11 is 6.25. The molecule has 0 aliphatic rings. The minimum atomic E-state index is -0.109. The summed E-state index contributed by atoms with van der Waals surface area (Å²) < 4.78 is 16.1. The van der Waals surface area contributed by atoms with E-state index < -0.39 is 0 Å². The maximum Gasteiger partial charge on any atom is 0.229 e. The monoisotopic (exact) mass is 416 g/mol. The van der Waals surface area contributed by atoms with Crippen LogP contribution in [-0.2, 0) is 6.61 Å². The molecule has 0 unspecified atom stereocenters. The molecular formula is C20H21ClN4O4. The van der Waals surface area contributed by atoms with Crippen molar-refractivity contribution in [2.24, 2.45) is 0 Å². The van der Waals surface area contributed by atoms with E-state index in [0.717, 1.165) is 5.56 Å². The molecule has 3 N–H and O–H groups in total. The standard InChI is InChI=1S/C20H21ClN4O4/c1-27-16-8-13(9-17(28-2)18(16)29-3)23-20-22-10-14(21)19(25-20)24-15-7-5-4-6-12(15)11-26/h4-10,26H,11H2,1-3H3,(H2,22,23,24,25). The zero-order chi connectivity index (χ0) is 20.8. The third-order valence-electron chi connectivity index (χ3n) is 4.11. The van der Waals surface area contributed by atoms with E-state index in [1.807, 2.05) is 24.3 Å². The summed E-state index contributed by atoms with van der Waals surface area (Å²) in [4.78, 5) is 8.65. The molecule has 0 aliphatic heterocycles. The lowest BCUT2D eigenvalue weighted by atomic mass is 10.2. The highest BCUT2D eigenvalue weighted by molar-refractivity contribution is 6.32. The van der Waals surface area contributed by atoms with Gasteiger partial charge in [0.2, 0.25) is 11.7 Å². The largest absolute Gasteiger partial charge is 0.493 e. The molecule has 1 heterocycles. The fraction of sp³-hybridized carbons (Fsp3) is 0.200. The van der Waals surface area contributed by atoms with E-state index in [9.17, 15) is 5.11 Å². The Labute approximate surface area is 173 Å². The Morgan fingerprint density at radius 2 is 1.69 bits per heavy atom. The molecule has 0 amide bonds. The Morgan fingerprint density at radius 1 is 1.00 bits per heavy atom. The number of nitrogens with one attached hydrogen (secondary N) is 2.